The zero-order chi connectivity index (χ0) is 17.8. The molecule has 7 heteroatoms. The molecule has 0 bridgehead atoms. The monoisotopic (exact) mass is 338 g/mol. The number of carbonyl (C=O) groups is 2. The van der Waals surface area contributed by atoms with Crippen LogP contribution in [0.3, 0.4) is 0 Å². The van der Waals surface area contributed by atoms with Crippen LogP contribution in [0.15, 0.2) is 30.3 Å². The van der Waals surface area contributed by atoms with Gasteiger partial charge in [0.1, 0.15) is 6.04 Å². The molecule has 0 saturated heterocycles. The largest absolute Gasteiger partial charge is 0.480 e. The van der Waals surface area contributed by atoms with Gasteiger partial charge in [-0.3, -0.25) is 9.69 Å². The third-order valence-corrected chi connectivity index (χ3v) is 3.69. The minimum atomic E-state index is -1.05. The van der Waals surface area contributed by atoms with Crippen molar-refractivity contribution in [1.82, 2.24) is 10.2 Å². The van der Waals surface area contributed by atoms with E-state index in [4.69, 9.17) is 10.2 Å². The summed E-state index contributed by atoms with van der Waals surface area (Å²) in [6.45, 7) is 1.66. The predicted molar refractivity (Wildman–Crippen MR) is 89.8 cm³/mol. The molecule has 7 nitrogen and oxygen atoms in total. The van der Waals surface area contributed by atoms with E-state index in [1.165, 1.54) is 0 Å². The summed E-state index contributed by atoms with van der Waals surface area (Å²) >= 11 is 0. The lowest BCUT2D eigenvalue weighted by atomic mass is 10.1. The first kappa shape index (κ1) is 20.1. The fourth-order valence-electron chi connectivity index (χ4n) is 2.39. The molecule has 0 heterocycles. The summed E-state index contributed by atoms with van der Waals surface area (Å²) in [7, 11) is 0. The zero-order valence-electron chi connectivity index (χ0n) is 13.7. The van der Waals surface area contributed by atoms with Gasteiger partial charge < -0.3 is 20.6 Å². The second-order valence-corrected chi connectivity index (χ2v) is 5.51. The maximum absolute atomic E-state index is 12.0. The minimum absolute atomic E-state index is 0.0187. The van der Waals surface area contributed by atoms with E-state index in [0.717, 1.165) is 6.42 Å². The lowest BCUT2D eigenvalue weighted by Gasteiger charge is -2.20. The Kier molecular flexibility index (Phi) is 9.67. The molecule has 0 aromatic heterocycles. The highest BCUT2D eigenvalue weighted by Gasteiger charge is 2.20. The van der Waals surface area contributed by atoms with Gasteiger partial charge in [-0.2, -0.15) is 0 Å². The van der Waals surface area contributed by atoms with Gasteiger partial charge >= 0.3 is 5.97 Å². The normalized spacial score (nSPS) is 12.1. The molecular weight excluding hydrogens is 312 g/mol. The molecule has 0 aliphatic carbocycles. The highest BCUT2D eigenvalue weighted by Crippen LogP contribution is 2.06. The van der Waals surface area contributed by atoms with E-state index in [2.05, 4.69) is 5.32 Å². The van der Waals surface area contributed by atoms with Gasteiger partial charge in [0.25, 0.3) is 5.91 Å². The minimum Gasteiger partial charge on any atom is -0.480 e. The summed E-state index contributed by atoms with van der Waals surface area (Å²) in [6.07, 6.45) is 1.68. The number of hydrogen-bond acceptors (Lipinski definition) is 5. The second-order valence-electron chi connectivity index (χ2n) is 5.51. The van der Waals surface area contributed by atoms with Crippen LogP contribution in [0.5, 0.6) is 0 Å². The first-order chi connectivity index (χ1) is 11.6. The van der Waals surface area contributed by atoms with Crippen LogP contribution in [0, 0.1) is 0 Å². The van der Waals surface area contributed by atoms with Crippen LogP contribution < -0.4 is 5.32 Å². The van der Waals surface area contributed by atoms with Crippen LogP contribution in [-0.4, -0.2) is 71.0 Å². The predicted octanol–water partition coefficient (Wildman–Crippen LogP) is 0.327. The number of aliphatic hydroxyl groups is 2. The maximum Gasteiger partial charge on any atom is 0.326 e. The Morgan fingerprint density at radius 3 is 2.17 bits per heavy atom. The van der Waals surface area contributed by atoms with Gasteiger partial charge in [0.05, 0.1) is 13.2 Å². The molecule has 0 aliphatic heterocycles. The van der Waals surface area contributed by atoms with Crippen LogP contribution in [0.2, 0.25) is 0 Å². The van der Waals surface area contributed by atoms with Gasteiger partial charge in [0, 0.05) is 18.7 Å². The number of carboxylic acids is 1. The molecule has 24 heavy (non-hydrogen) atoms. The number of benzene rings is 1. The van der Waals surface area contributed by atoms with E-state index in [1.807, 2.05) is 4.90 Å². The van der Waals surface area contributed by atoms with Crippen molar-refractivity contribution in [1.29, 1.82) is 0 Å². The van der Waals surface area contributed by atoms with E-state index >= 15 is 0 Å². The molecule has 4 N–H and O–H groups in total. The third kappa shape index (κ3) is 7.54. The van der Waals surface area contributed by atoms with Crippen LogP contribution in [0.1, 0.15) is 29.6 Å². The van der Waals surface area contributed by atoms with Gasteiger partial charge in [-0.1, -0.05) is 18.2 Å². The number of aliphatic carboxylic acids is 1. The van der Waals surface area contributed by atoms with Crippen molar-refractivity contribution in [2.45, 2.75) is 25.3 Å². The molecule has 1 atom stereocenters. The van der Waals surface area contributed by atoms with E-state index in [-0.39, 0.29) is 13.2 Å². The Morgan fingerprint density at radius 2 is 1.62 bits per heavy atom. The molecule has 134 valence electrons. The maximum atomic E-state index is 12.0. The second kappa shape index (κ2) is 11.6. The van der Waals surface area contributed by atoms with Crippen LogP contribution in [-0.2, 0) is 4.79 Å². The Hall–Kier alpha value is -1.96. The number of nitrogens with zero attached hydrogens (tertiary/aromatic N) is 1. The molecule has 1 amide bonds. The topological polar surface area (TPSA) is 110 Å². The van der Waals surface area contributed by atoms with Crippen LogP contribution >= 0.6 is 0 Å². The Balaban J connectivity index is 2.41. The van der Waals surface area contributed by atoms with Crippen molar-refractivity contribution < 1.29 is 24.9 Å². The Labute approximate surface area is 141 Å². The van der Waals surface area contributed by atoms with E-state index in [0.29, 0.717) is 38.0 Å². The van der Waals surface area contributed by atoms with Gasteiger partial charge in [-0.25, -0.2) is 4.79 Å². The first-order valence-corrected chi connectivity index (χ1v) is 8.11. The van der Waals surface area contributed by atoms with Crippen molar-refractivity contribution >= 4 is 11.9 Å². The molecule has 0 spiro atoms. The highest BCUT2D eigenvalue weighted by molar-refractivity contribution is 5.96. The third-order valence-electron chi connectivity index (χ3n) is 3.69. The summed E-state index contributed by atoms with van der Waals surface area (Å²) in [5.74, 6) is -1.45. The Bertz CT molecular complexity index is 489. The van der Waals surface area contributed by atoms with E-state index < -0.39 is 17.9 Å². The molecule has 0 unspecified atom stereocenters. The molecule has 1 rings (SSSR count). The summed E-state index contributed by atoms with van der Waals surface area (Å²) in [5, 5.41) is 29.7. The SMILES string of the molecule is O=C(N[C@@H](CCCCN(CCO)CCO)C(=O)O)c1ccccc1. The number of amides is 1. The zero-order valence-corrected chi connectivity index (χ0v) is 13.7. The van der Waals surface area contributed by atoms with Gasteiger partial charge in [0.15, 0.2) is 0 Å². The van der Waals surface area contributed by atoms with Crippen molar-refractivity contribution in [2.75, 3.05) is 32.8 Å². The molecule has 0 aliphatic rings. The molecular formula is C17H26N2O5. The number of carboxylic acid groups (broad SMARTS) is 1. The first-order valence-electron chi connectivity index (χ1n) is 8.11. The summed E-state index contributed by atoms with van der Waals surface area (Å²) in [5.41, 5.74) is 0.431. The van der Waals surface area contributed by atoms with Crippen molar-refractivity contribution in [3.63, 3.8) is 0 Å². The molecule has 1 aromatic carbocycles. The van der Waals surface area contributed by atoms with Crippen LogP contribution in [0.25, 0.3) is 0 Å². The standard InChI is InChI=1S/C17H26N2O5/c20-12-10-19(11-13-21)9-5-4-8-15(17(23)24)18-16(22)14-6-2-1-3-7-14/h1-3,6-7,15,20-21H,4-5,8-13H2,(H,18,22)(H,23,24)/t15-/m0/s1. The number of hydrogen-bond donors (Lipinski definition) is 4. The molecule has 0 saturated carbocycles. The summed E-state index contributed by atoms with van der Waals surface area (Å²) in [4.78, 5) is 25.3. The van der Waals surface area contributed by atoms with E-state index in [9.17, 15) is 14.7 Å². The number of rotatable bonds is 12. The van der Waals surface area contributed by atoms with Crippen molar-refractivity contribution in [3.8, 4) is 0 Å². The summed E-state index contributed by atoms with van der Waals surface area (Å²) in [6, 6.07) is 7.58. The number of unbranched alkanes of at least 4 members (excludes halogenated alkanes) is 1. The molecule has 0 fully saturated rings. The fraction of sp³-hybridized carbons (Fsp3) is 0.529. The quantitative estimate of drug-likeness (QED) is 0.409. The molecule has 0 radical (unpaired) electrons. The highest BCUT2D eigenvalue weighted by atomic mass is 16.4. The van der Waals surface area contributed by atoms with Gasteiger partial charge in [0.2, 0.25) is 0 Å². The lowest BCUT2D eigenvalue weighted by Crippen LogP contribution is -2.40. The van der Waals surface area contributed by atoms with E-state index in [1.54, 1.807) is 30.3 Å². The Morgan fingerprint density at radius 1 is 1.00 bits per heavy atom. The van der Waals surface area contributed by atoms with Crippen molar-refractivity contribution in [3.05, 3.63) is 35.9 Å². The number of nitrogens with one attached hydrogen (secondary N) is 1. The fourth-order valence-corrected chi connectivity index (χ4v) is 2.39. The average molecular weight is 338 g/mol. The smallest absolute Gasteiger partial charge is 0.326 e. The van der Waals surface area contributed by atoms with Crippen molar-refractivity contribution in [2.24, 2.45) is 0 Å². The average Bonchev–Trinajstić information content (AvgIpc) is 2.58. The molecule has 1 aromatic rings. The van der Waals surface area contributed by atoms with Gasteiger partial charge in [-0.15, -0.1) is 0 Å². The van der Waals surface area contributed by atoms with Crippen LogP contribution in [0.4, 0.5) is 0 Å². The van der Waals surface area contributed by atoms with Gasteiger partial charge in [-0.05, 0) is 37.9 Å². The summed E-state index contributed by atoms with van der Waals surface area (Å²) < 4.78 is 0. The lowest BCUT2D eigenvalue weighted by molar-refractivity contribution is -0.139. The number of carbonyl (C=O) groups excluding carboxylic acids is 1. The number of aliphatic hydroxyl groups excluding tert-OH is 2.